The van der Waals surface area contributed by atoms with Crippen molar-refractivity contribution in [3.63, 3.8) is 0 Å². The lowest BCUT2D eigenvalue weighted by molar-refractivity contribution is 0.568. The van der Waals surface area contributed by atoms with Crippen LogP contribution in [0.2, 0.25) is 0 Å². The molecular formula is C12H14N2O3S2. The van der Waals surface area contributed by atoms with E-state index in [0.717, 1.165) is 5.56 Å². The molecule has 1 aromatic heterocycles. The second-order valence-electron chi connectivity index (χ2n) is 4.18. The fourth-order valence-electron chi connectivity index (χ4n) is 1.74. The highest BCUT2D eigenvalue weighted by Crippen LogP contribution is 2.20. The van der Waals surface area contributed by atoms with E-state index >= 15 is 0 Å². The van der Waals surface area contributed by atoms with Gasteiger partial charge in [-0.15, -0.1) is 0 Å². The van der Waals surface area contributed by atoms with Crippen molar-refractivity contribution in [1.82, 2.24) is 9.71 Å². The van der Waals surface area contributed by atoms with Crippen LogP contribution >= 0.6 is 11.3 Å². The number of H-pyrrole nitrogens is 1. The number of hydrogen-bond acceptors (Lipinski definition) is 4. The van der Waals surface area contributed by atoms with E-state index in [1.807, 2.05) is 30.3 Å². The Kier molecular flexibility index (Phi) is 3.88. The van der Waals surface area contributed by atoms with Crippen molar-refractivity contribution in [1.29, 1.82) is 0 Å². The highest BCUT2D eigenvalue weighted by molar-refractivity contribution is 7.91. The molecule has 5 nitrogen and oxygen atoms in total. The zero-order valence-electron chi connectivity index (χ0n) is 10.5. The third-order valence-electron chi connectivity index (χ3n) is 2.66. The number of hydrogen-bond donors (Lipinski definition) is 2. The van der Waals surface area contributed by atoms with Crippen LogP contribution in [0.4, 0.5) is 0 Å². The van der Waals surface area contributed by atoms with Gasteiger partial charge in [0.15, 0.2) is 4.21 Å². The van der Waals surface area contributed by atoms with Gasteiger partial charge in [-0.2, -0.15) is 0 Å². The Bertz CT molecular complexity index is 717. The fraction of sp³-hybridized carbons (Fsp3) is 0.250. The highest BCUT2D eigenvalue weighted by atomic mass is 32.2. The topological polar surface area (TPSA) is 79.0 Å². The predicted octanol–water partition coefficient (Wildman–Crippen LogP) is 1.78. The van der Waals surface area contributed by atoms with Crippen LogP contribution < -0.4 is 9.60 Å². The fourth-order valence-corrected chi connectivity index (χ4v) is 4.29. The molecule has 2 aromatic rings. The van der Waals surface area contributed by atoms with Gasteiger partial charge < -0.3 is 4.98 Å². The SMILES string of the molecule is Cc1[nH]c(=O)sc1S(=O)(=O)N[C@@H](C)c1ccccc1. The van der Waals surface area contributed by atoms with Gasteiger partial charge in [0, 0.05) is 11.7 Å². The average molecular weight is 298 g/mol. The average Bonchev–Trinajstić information content (AvgIpc) is 2.70. The van der Waals surface area contributed by atoms with Crippen LogP contribution in [-0.2, 0) is 10.0 Å². The van der Waals surface area contributed by atoms with Crippen LogP contribution in [0.15, 0.2) is 39.3 Å². The summed E-state index contributed by atoms with van der Waals surface area (Å²) >= 11 is 0.697. The lowest BCUT2D eigenvalue weighted by Gasteiger charge is -2.13. The molecule has 1 atom stereocenters. The van der Waals surface area contributed by atoms with Crippen molar-refractivity contribution < 1.29 is 8.42 Å². The minimum Gasteiger partial charge on any atom is -0.315 e. The molecule has 0 unspecified atom stereocenters. The molecule has 0 radical (unpaired) electrons. The summed E-state index contributed by atoms with van der Waals surface area (Å²) in [4.78, 5) is 13.3. The first-order chi connectivity index (χ1) is 8.90. The molecule has 1 aromatic carbocycles. The summed E-state index contributed by atoms with van der Waals surface area (Å²) in [6.07, 6.45) is 0. The molecule has 2 N–H and O–H groups in total. The predicted molar refractivity (Wildman–Crippen MR) is 74.9 cm³/mol. The quantitative estimate of drug-likeness (QED) is 0.903. The summed E-state index contributed by atoms with van der Waals surface area (Å²) in [6.45, 7) is 3.33. The van der Waals surface area contributed by atoms with Gasteiger partial charge in [0.2, 0.25) is 0 Å². The van der Waals surface area contributed by atoms with Gasteiger partial charge in [0.05, 0.1) is 0 Å². The van der Waals surface area contributed by atoms with Crippen molar-refractivity contribution >= 4 is 21.4 Å². The number of aryl methyl sites for hydroxylation is 1. The molecule has 19 heavy (non-hydrogen) atoms. The zero-order valence-corrected chi connectivity index (χ0v) is 12.1. The standard InChI is InChI=1S/C12H14N2O3S2/c1-8(10-6-4-3-5-7-10)14-19(16,17)11-9(2)13-12(15)18-11/h3-8,14H,1-2H3,(H,13,15)/t8-/m0/s1. The van der Waals surface area contributed by atoms with Gasteiger partial charge in [-0.25, -0.2) is 13.1 Å². The maximum Gasteiger partial charge on any atom is 0.305 e. The van der Waals surface area contributed by atoms with Gasteiger partial charge in [-0.05, 0) is 19.4 Å². The number of benzene rings is 1. The molecule has 0 amide bonds. The van der Waals surface area contributed by atoms with Crippen LogP contribution in [-0.4, -0.2) is 13.4 Å². The first kappa shape index (κ1) is 14.0. The van der Waals surface area contributed by atoms with E-state index in [0.29, 0.717) is 17.0 Å². The largest absolute Gasteiger partial charge is 0.315 e. The molecule has 0 saturated heterocycles. The molecule has 0 spiro atoms. The molecule has 0 saturated carbocycles. The van der Waals surface area contributed by atoms with E-state index in [1.54, 1.807) is 13.8 Å². The zero-order chi connectivity index (χ0) is 14.0. The Hall–Kier alpha value is -1.44. The van der Waals surface area contributed by atoms with E-state index in [9.17, 15) is 13.2 Å². The second kappa shape index (κ2) is 5.28. The van der Waals surface area contributed by atoms with Crippen LogP contribution in [0, 0.1) is 6.92 Å². The number of aromatic nitrogens is 1. The van der Waals surface area contributed by atoms with Gasteiger partial charge in [-0.1, -0.05) is 41.7 Å². The maximum atomic E-state index is 12.2. The number of sulfonamides is 1. The molecule has 0 fully saturated rings. The van der Waals surface area contributed by atoms with E-state index < -0.39 is 10.0 Å². The highest BCUT2D eigenvalue weighted by Gasteiger charge is 2.23. The van der Waals surface area contributed by atoms with Gasteiger partial charge in [0.25, 0.3) is 10.0 Å². The monoisotopic (exact) mass is 298 g/mol. The molecule has 7 heteroatoms. The third-order valence-corrected chi connectivity index (χ3v) is 5.80. The molecule has 2 rings (SSSR count). The van der Waals surface area contributed by atoms with Gasteiger partial charge in [-0.3, -0.25) is 4.79 Å². The Morgan fingerprint density at radius 2 is 1.89 bits per heavy atom. The van der Waals surface area contributed by atoms with Crippen molar-refractivity contribution in [3.8, 4) is 0 Å². The number of thiazole rings is 1. The molecular weight excluding hydrogens is 284 g/mol. The van der Waals surface area contributed by atoms with Gasteiger partial charge in [0.1, 0.15) is 0 Å². The van der Waals surface area contributed by atoms with E-state index in [2.05, 4.69) is 9.71 Å². The maximum absolute atomic E-state index is 12.2. The normalized spacial score (nSPS) is 13.4. The molecule has 0 aliphatic carbocycles. The first-order valence-corrected chi connectivity index (χ1v) is 7.97. The number of rotatable bonds is 4. The summed E-state index contributed by atoms with van der Waals surface area (Å²) < 4.78 is 27.0. The van der Waals surface area contributed by atoms with E-state index in [-0.39, 0.29) is 15.1 Å². The van der Waals surface area contributed by atoms with Crippen LogP contribution in [0.3, 0.4) is 0 Å². The molecule has 0 aliphatic heterocycles. The lowest BCUT2D eigenvalue weighted by atomic mass is 10.1. The number of nitrogens with one attached hydrogen (secondary N) is 2. The summed E-state index contributed by atoms with van der Waals surface area (Å²) in [5, 5.41) is 0. The minimum atomic E-state index is -3.68. The van der Waals surface area contributed by atoms with E-state index in [1.165, 1.54) is 0 Å². The van der Waals surface area contributed by atoms with Crippen molar-refractivity contribution in [2.24, 2.45) is 0 Å². The molecule has 0 aliphatic rings. The van der Waals surface area contributed by atoms with Crippen LogP contribution in [0.5, 0.6) is 0 Å². The summed E-state index contributed by atoms with van der Waals surface area (Å²) in [6, 6.07) is 8.90. The van der Waals surface area contributed by atoms with Crippen molar-refractivity contribution in [2.45, 2.75) is 24.1 Å². The molecule has 1 heterocycles. The molecule has 0 bridgehead atoms. The minimum absolute atomic E-state index is 0.0419. The van der Waals surface area contributed by atoms with Crippen LogP contribution in [0.1, 0.15) is 24.2 Å². The summed E-state index contributed by atoms with van der Waals surface area (Å²) in [5.74, 6) is 0. The van der Waals surface area contributed by atoms with Gasteiger partial charge >= 0.3 is 4.87 Å². The summed E-state index contributed by atoms with van der Waals surface area (Å²) in [7, 11) is -3.68. The first-order valence-electron chi connectivity index (χ1n) is 5.67. The smallest absolute Gasteiger partial charge is 0.305 e. The van der Waals surface area contributed by atoms with Crippen molar-refractivity contribution in [2.75, 3.05) is 0 Å². The Balaban J connectivity index is 2.28. The Labute approximate surface area is 115 Å². The molecule has 102 valence electrons. The van der Waals surface area contributed by atoms with Crippen molar-refractivity contribution in [3.05, 3.63) is 51.3 Å². The number of aromatic amines is 1. The van der Waals surface area contributed by atoms with Crippen LogP contribution in [0.25, 0.3) is 0 Å². The Morgan fingerprint density at radius 3 is 2.42 bits per heavy atom. The second-order valence-corrected chi connectivity index (χ2v) is 7.07. The Morgan fingerprint density at radius 1 is 1.26 bits per heavy atom. The third kappa shape index (κ3) is 3.12. The summed E-state index contributed by atoms with van der Waals surface area (Å²) in [5.41, 5.74) is 1.23. The van der Waals surface area contributed by atoms with E-state index in [4.69, 9.17) is 0 Å². The lowest BCUT2D eigenvalue weighted by Crippen LogP contribution is -2.26.